The van der Waals surface area contributed by atoms with E-state index in [1.807, 2.05) is 13.0 Å². The summed E-state index contributed by atoms with van der Waals surface area (Å²) >= 11 is 7.62. The Hall–Kier alpha value is -1.20. The number of nitrogens with zero attached hydrogens (tertiary/aromatic N) is 1. The van der Waals surface area contributed by atoms with Crippen LogP contribution in [0.15, 0.2) is 22.0 Å². The average Bonchev–Trinajstić information content (AvgIpc) is 2.36. The number of hydrogen-bond donors (Lipinski definition) is 1. The lowest BCUT2D eigenvalue weighted by atomic mass is 10.0. The number of thioether (sulfide) groups is 1. The highest BCUT2D eigenvalue weighted by Gasteiger charge is 2.35. The van der Waals surface area contributed by atoms with Crippen LogP contribution < -0.4 is 10.1 Å². The summed E-state index contributed by atoms with van der Waals surface area (Å²) in [5, 5.41) is 3.26. The molecule has 1 saturated heterocycles. The first kappa shape index (κ1) is 12.8. The molecule has 1 aromatic carbocycles. The number of fused-ring (bicyclic) bond motifs is 2. The van der Waals surface area contributed by atoms with Crippen molar-refractivity contribution < 1.29 is 9.53 Å². The standard InChI is InChI=1S/C13H13ClN2O2S/c1-6-3-9-12(13(17)15-6)19-11-5-10(18-2)7(14)4-8(11)16-9/h4-6,12H,3H2,1-2H3,(H,15,17). The largest absolute Gasteiger partial charge is 0.495 e. The fourth-order valence-corrected chi connectivity index (χ4v) is 3.66. The van der Waals surface area contributed by atoms with Crippen molar-refractivity contribution in [2.24, 2.45) is 4.99 Å². The van der Waals surface area contributed by atoms with Crippen LogP contribution >= 0.6 is 23.4 Å². The van der Waals surface area contributed by atoms with Gasteiger partial charge in [-0.1, -0.05) is 11.6 Å². The molecule has 4 nitrogen and oxygen atoms in total. The number of carbonyl (C=O) groups is 1. The normalized spacial score (nSPS) is 25.0. The van der Waals surface area contributed by atoms with Crippen LogP contribution in [0.25, 0.3) is 0 Å². The van der Waals surface area contributed by atoms with Gasteiger partial charge in [-0.15, -0.1) is 11.8 Å². The molecule has 1 N–H and O–H groups in total. The lowest BCUT2D eigenvalue weighted by molar-refractivity contribution is -0.120. The SMILES string of the molecule is COc1cc2c(cc1Cl)N=C1CC(C)NC(=O)C1S2. The van der Waals surface area contributed by atoms with Crippen molar-refractivity contribution in [3.05, 3.63) is 17.2 Å². The Morgan fingerprint density at radius 2 is 2.32 bits per heavy atom. The van der Waals surface area contributed by atoms with E-state index in [4.69, 9.17) is 16.3 Å². The van der Waals surface area contributed by atoms with Crippen molar-refractivity contribution in [2.75, 3.05) is 7.11 Å². The number of nitrogens with one attached hydrogen (secondary N) is 1. The molecule has 3 rings (SSSR count). The van der Waals surface area contributed by atoms with E-state index in [-0.39, 0.29) is 17.2 Å². The summed E-state index contributed by atoms with van der Waals surface area (Å²) in [4.78, 5) is 17.5. The molecule has 2 unspecified atom stereocenters. The van der Waals surface area contributed by atoms with Gasteiger partial charge in [0.1, 0.15) is 11.0 Å². The number of methoxy groups -OCH3 is 1. The van der Waals surface area contributed by atoms with Gasteiger partial charge in [0.05, 0.1) is 17.8 Å². The van der Waals surface area contributed by atoms with Gasteiger partial charge in [0.2, 0.25) is 5.91 Å². The summed E-state index contributed by atoms with van der Waals surface area (Å²) < 4.78 is 5.20. The van der Waals surface area contributed by atoms with Gasteiger partial charge in [0, 0.05) is 23.1 Å². The van der Waals surface area contributed by atoms with Crippen LogP contribution in [-0.2, 0) is 4.79 Å². The zero-order valence-electron chi connectivity index (χ0n) is 10.6. The minimum atomic E-state index is -0.227. The first-order valence-electron chi connectivity index (χ1n) is 6.00. The topological polar surface area (TPSA) is 50.7 Å². The van der Waals surface area contributed by atoms with Crippen LogP contribution in [0.3, 0.4) is 0 Å². The minimum absolute atomic E-state index is 0.0297. The highest BCUT2D eigenvalue weighted by Crippen LogP contribution is 2.44. The second-order valence-electron chi connectivity index (χ2n) is 4.67. The maximum absolute atomic E-state index is 12.0. The van der Waals surface area contributed by atoms with Gasteiger partial charge in [-0.3, -0.25) is 9.79 Å². The van der Waals surface area contributed by atoms with Gasteiger partial charge in [-0.05, 0) is 19.1 Å². The van der Waals surface area contributed by atoms with Crippen LogP contribution in [-0.4, -0.2) is 30.0 Å². The maximum atomic E-state index is 12.0. The summed E-state index contributed by atoms with van der Waals surface area (Å²) in [7, 11) is 1.57. The van der Waals surface area contributed by atoms with Gasteiger partial charge in [0.15, 0.2) is 0 Å². The third-order valence-corrected chi connectivity index (χ3v) is 4.79. The number of hydrogen-bond acceptors (Lipinski definition) is 4. The molecule has 2 aliphatic rings. The number of halogens is 1. The Morgan fingerprint density at radius 1 is 1.53 bits per heavy atom. The van der Waals surface area contributed by atoms with Gasteiger partial charge in [-0.25, -0.2) is 0 Å². The van der Waals surface area contributed by atoms with E-state index >= 15 is 0 Å². The molecule has 2 atom stereocenters. The van der Waals surface area contributed by atoms with E-state index in [0.717, 1.165) is 22.7 Å². The van der Waals surface area contributed by atoms with E-state index in [2.05, 4.69) is 10.3 Å². The number of benzene rings is 1. The number of amides is 1. The van der Waals surface area contributed by atoms with Crippen LogP contribution in [0.1, 0.15) is 13.3 Å². The molecule has 1 amide bonds. The molecular weight excluding hydrogens is 284 g/mol. The second-order valence-corrected chi connectivity index (χ2v) is 6.22. The molecule has 100 valence electrons. The Balaban J connectivity index is 2.05. The summed E-state index contributed by atoms with van der Waals surface area (Å²) in [6.45, 7) is 1.98. The third kappa shape index (κ3) is 2.21. The number of piperidine rings is 1. The summed E-state index contributed by atoms with van der Waals surface area (Å²) in [6.07, 6.45) is 0.784. The van der Waals surface area contributed by atoms with Gasteiger partial charge in [0.25, 0.3) is 0 Å². The van der Waals surface area contributed by atoms with E-state index < -0.39 is 0 Å². The van der Waals surface area contributed by atoms with Crippen LogP contribution in [0.5, 0.6) is 5.75 Å². The predicted octanol–water partition coefficient (Wildman–Crippen LogP) is 2.80. The molecule has 19 heavy (non-hydrogen) atoms. The Morgan fingerprint density at radius 3 is 3.05 bits per heavy atom. The molecule has 6 heteroatoms. The second kappa shape index (κ2) is 4.72. The van der Waals surface area contributed by atoms with Crippen molar-refractivity contribution in [3.63, 3.8) is 0 Å². The monoisotopic (exact) mass is 296 g/mol. The molecule has 0 saturated carbocycles. The van der Waals surface area contributed by atoms with E-state index in [1.54, 1.807) is 13.2 Å². The first-order chi connectivity index (χ1) is 9.08. The minimum Gasteiger partial charge on any atom is -0.495 e. The highest BCUT2D eigenvalue weighted by molar-refractivity contribution is 8.01. The van der Waals surface area contributed by atoms with Crippen molar-refractivity contribution >= 4 is 40.7 Å². The zero-order valence-corrected chi connectivity index (χ0v) is 12.1. The number of carbonyl (C=O) groups excluding carboxylic acids is 1. The molecule has 1 aromatic rings. The summed E-state index contributed by atoms with van der Waals surface area (Å²) in [5.74, 6) is 0.637. The zero-order chi connectivity index (χ0) is 13.6. The highest BCUT2D eigenvalue weighted by atomic mass is 35.5. The molecule has 2 aliphatic heterocycles. The molecule has 0 bridgehead atoms. The molecular formula is C13H13ClN2O2S. The summed E-state index contributed by atoms with van der Waals surface area (Å²) in [6, 6.07) is 3.77. The molecule has 0 aliphatic carbocycles. The lowest BCUT2D eigenvalue weighted by Gasteiger charge is -2.31. The van der Waals surface area contributed by atoms with Crippen molar-refractivity contribution in [2.45, 2.75) is 29.5 Å². The molecule has 2 heterocycles. The van der Waals surface area contributed by atoms with E-state index in [9.17, 15) is 4.79 Å². The maximum Gasteiger partial charge on any atom is 0.239 e. The van der Waals surface area contributed by atoms with E-state index in [0.29, 0.717) is 10.8 Å². The quantitative estimate of drug-likeness (QED) is 0.867. The molecule has 0 spiro atoms. The fourth-order valence-electron chi connectivity index (χ4n) is 2.31. The lowest BCUT2D eigenvalue weighted by Crippen LogP contribution is -2.49. The molecule has 0 aromatic heterocycles. The smallest absolute Gasteiger partial charge is 0.239 e. The predicted molar refractivity (Wildman–Crippen MR) is 77.0 cm³/mol. The summed E-state index contributed by atoms with van der Waals surface area (Å²) in [5.41, 5.74) is 1.75. The Labute approximate surface area is 120 Å². The van der Waals surface area contributed by atoms with Crippen LogP contribution in [0, 0.1) is 0 Å². The van der Waals surface area contributed by atoms with Crippen LogP contribution in [0.4, 0.5) is 5.69 Å². The van der Waals surface area contributed by atoms with Gasteiger partial charge < -0.3 is 10.1 Å². The first-order valence-corrected chi connectivity index (χ1v) is 7.26. The average molecular weight is 297 g/mol. The Bertz CT molecular complexity index is 588. The number of ether oxygens (including phenoxy) is 1. The number of aliphatic imine (C=N–C) groups is 1. The van der Waals surface area contributed by atoms with Crippen molar-refractivity contribution in [3.8, 4) is 5.75 Å². The molecule has 1 fully saturated rings. The Kier molecular flexibility index (Phi) is 3.19. The van der Waals surface area contributed by atoms with Crippen molar-refractivity contribution in [1.29, 1.82) is 0 Å². The van der Waals surface area contributed by atoms with Crippen molar-refractivity contribution in [1.82, 2.24) is 5.32 Å². The third-order valence-electron chi connectivity index (χ3n) is 3.19. The number of rotatable bonds is 1. The van der Waals surface area contributed by atoms with Crippen LogP contribution in [0.2, 0.25) is 5.02 Å². The fraction of sp³-hybridized carbons (Fsp3) is 0.385. The van der Waals surface area contributed by atoms with E-state index in [1.165, 1.54) is 11.8 Å². The molecule has 0 radical (unpaired) electrons. The van der Waals surface area contributed by atoms with Gasteiger partial charge in [-0.2, -0.15) is 0 Å². The van der Waals surface area contributed by atoms with Gasteiger partial charge >= 0.3 is 0 Å².